The van der Waals surface area contributed by atoms with E-state index in [0.717, 1.165) is 17.9 Å². The predicted molar refractivity (Wildman–Crippen MR) is 69.6 cm³/mol. The summed E-state index contributed by atoms with van der Waals surface area (Å²) >= 11 is 6.94. The minimum Gasteiger partial charge on any atom is -0.469 e. The molecule has 1 aromatic heterocycles. The van der Waals surface area contributed by atoms with Gasteiger partial charge in [0.25, 0.3) is 5.19 Å². The third-order valence-electron chi connectivity index (χ3n) is 2.78. The fourth-order valence-electron chi connectivity index (χ4n) is 1.54. The van der Waals surface area contributed by atoms with Crippen LogP contribution in [0.2, 0.25) is 5.15 Å². The molecule has 0 amide bonds. The van der Waals surface area contributed by atoms with Gasteiger partial charge in [-0.25, -0.2) is 4.79 Å². The first kappa shape index (κ1) is 13.6. The normalized spacial score (nSPS) is 14.9. The zero-order valence-corrected chi connectivity index (χ0v) is 11.9. The molecule has 7 heteroatoms. The Kier molecular flexibility index (Phi) is 4.42. The van der Waals surface area contributed by atoms with Crippen LogP contribution in [0.4, 0.5) is 0 Å². The van der Waals surface area contributed by atoms with E-state index in [0.29, 0.717) is 17.8 Å². The molecule has 2 rings (SSSR count). The van der Waals surface area contributed by atoms with Crippen LogP contribution in [0.1, 0.15) is 22.5 Å². The highest BCUT2D eigenvalue weighted by molar-refractivity contribution is 7.15. The predicted octanol–water partition coefficient (Wildman–Crippen LogP) is 2.06. The lowest BCUT2D eigenvalue weighted by molar-refractivity contribution is 0.0606. The Morgan fingerprint density at radius 1 is 1.61 bits per heavy atom. The fourth-order valence-corrected chi connectivity index (χ4v) is 2.61. The van der Waals surface area contributed by atoms with E-state index >= 15 is 0 Å². The topological polar surface area (TPSA) is 51.7 Å². The second-order valence-electron chi connectivity index (χ2n) is 4.15. The molecular weight excluding hydrogens is 276 g/mol. The van der Waals surface area contributed by atoms with Crippen LogP contribution < -0.4 is 4.74 Å². The minimum absolute atomic E-state index is 0.136. The van der Waals surface area contributed by atoms with Crippen LogP contribution >= 0.6 is 22.9 Å². The summed E-state index contributed by atoms with van der Waals surface area (Å²) in [5.74, 6) is -0.484. The van der Waals surface area contributed by atoms with Crippen molar-refractivity contribution in [3.63, 3.8) is 0 Å². The molecule has 0 saturated heterocycles. The molecule has 100 valence electrons. The van der Waals surface area contributed by atoms with Crippen molar-refractivity contribution in [3.8, 4) is 5.19 Å². The molecule has 0 unspecified atom stereocenters. The smallest absolute Gasteiger partial charge is 0.351 e. The molecule has 1 aliphatic rings. The molecule has 0 atom stereocenters. The van der Waals surface area contributed by atoms with Crippen molar-refractivity contribution < 1.29 is 14.3 Å². The van der Waals surface area contributed by atoms with E-state index in [1.807, 2.05) is 0 Å². The maximum absolute atomic E-state index is 11.3. The largest absolute Gasteiger partial charge is 0.469 e. The molecule has 0 spiro atoms. The van der Waals surface area contributed by atoms with Gasteiger partial charge in [-0.15, -0.1) is 0 Å². The van der Waals surface area contributed by atoms with E-state index in [1.54, 1.807) is 0 Å². The lowest BCUT2D eigenvalue weighted by Crippen LogP contribution is -2.26. The van der Waals surface area contributed by atoms with Crippen LogP contribution in [0, 0.1) is 0 Å². The molecule has 0 aliphatic heterocycles. The van der Waals surface area contributed by atoms with E-state index in [2.05, 4.69) is 21.7 Å². The van der Waals surface area contributed by atoms with Crippen molar-refractivity contribution in [1.82, 2.24) is 9.88 Å². The SMILES string of the molecule is COC(=O)c1sc(OCCN(C)C2CC2)nc1Cl. The number of aromatic nitrogens is 1. The molecule has 18 heavy (non-hydrogen) atoms. The summed E-state index contributed by atoms with van der Waals surface area (Å²) in [5.41, 5.74) is 0. The second-order valence-corrected chi connectivity index (χ2v) is 5.47. The van der Waals surface area contributed by atoms with E-state index in [4.69, 9.17) is 16.3 Å². The van der Waals surface area contributed by atoms with Crippen molar-refractivity contribution in [1.29, 1.82) is 0 Å². The van der Waals surface area contributed by atoms with Gasteiger partial charge in [0.05, 0.1) is 7.11 Å². The number of ether oxygens (including phenoxy) is 2. The standard InChI is InChI=1S/C11H15ClN2O3S/c1-14(7-3-4-7)5-6-17-11-13-9(12)8(18-11)10(15)16-2/h7H,3-6H2,1-2H3. The quantitative estimate of drug-likeness (QED) is 0.751. The summed E-state index contributed by atoms with van der Waals surface area (Å²) in [6.45, 7) is 1.38. The number of hydrogen-bond donors (Lipinski definition) is 0. The number of carbonyl (C=O) groups excluding carboxylic acids is 1. The van der Waals surface area contributed by atoms with Gasteiger partial charge < -0.3 is 14.4 Å². The van der Waals surface area contributed by atoms with E-state index in [1.165, 1.54) is 20.0 Å². The Morgan fingerprint density at radius 3 is 2.94 bits per heavy atom. The summed E-state index contributed by atoms with van der Waals surface area (Å²) in [4.78, 5) is 17.8. The van der Waals surface area contributed by atoms with Crippen molar-refractivity contribution in [2.75, 3.05) is 27.3 Å². The first-order valence-corrected chi connectivity index (χ1v) is 6.89. The van der Waals surface area contributed by atoms with Gasteiger partial charge in [0, 0.05) is 12.6 Å². The molecule has 1 fully saturated rings. The van der Waals surface area contributed by atoms with Gasteiger partial charge in [-0.05, 0) is 19.9 Å². The minimum atomic E-state index is -0.484. The molecule has 0 aromatic carbocycles. The number of likely N-dealkylation sites (N-methyl/N-ethyl adjacent to an activating group) is 1. The Morgan fingerprint density at radius 2 is 2.33 bits per heavy atom. The van der Waals surface area contributed by atoms with Gasteiger partial charge in [-0.3, -0.25) is 0 Å². The van der Waals surface area contributed by atoms with Gasteiger partial charge in [-0.2, -0.15) is 4.98 Å². The Hall–Kier alpha value is -0.850. The van der Waals surface area contributed by atoms with Crippen LogP contribution in [0.5, 0.6) is 5.19 Å². The molecule has 1 heterocycles. The number of esters is 1. The number of halogens is 1. The first-order valence-electron chi connectivity index (χ1n) is 5.69. The van der Waals surface area contributed by atoms with E-state index < -0.39 is 5.97 Å². The highest BCUT2D eigenvalue weighted by Gasteiger charge is 2.25. The first-order chi connectivity index (χ1) is 8.61. The number of carbonyl (C=O) groups is 1. The molecule has 0 radical (unpaired) electrons. The highest BCUT2D eigenvalue weighted by atomic mass is 35.5. The van der Waals surface area contributed by atoms with Gasteiger partial charge in [0.2, 0.25) is 0 Å². The van der Waals surface area contributed by atoms with Crippen molar-refractivity contribution in [2.45, 2.75) is 18.9 Å². The average molecular weight is 291 g/mol. The molecule has 1 aromatic rings. The number of thiazole rings is 1. The maximum Gasteiger partial charge on any atom is 0.351 e. The highest BCUT2D eigenvalue weighted by Crippen LogP contribution is 2.29. The fraction of sp³-hybridized carbons (Fsp3) is 0.636. The number of rotatable bonds is 6. The van der Waals surface area contributed by atoms with Crippen molar-refractivity contribution >= 4 is 28.9 Å². The Labute approximate surface area is 115 Å². The third kappa shape index (κ3) is 3.34. The zero-order chi connectivity index (χ0) is 13.1. The number of nitrogens with zero attached hydrogens (tertiary/aromatic N) is 2. The Balaban J connectivity index is 1.83. The second kappa shape index (κ2) is 5.86. The van der Waals surface area contributed by atoms with Crippen LogP contribution in [0.3, 0.4) is 0 Å². The van der Waals surface area contributed by atoms with Gasteiger partial charge >= 0.3 is 5.97 Å². The van der Waals surface area contributed by atoms with Gasteiger partial charge in [0.15, 0.2) is 10.0 Å². The molecular formula is C11H15ClN2O3S. The lowest BCUT2D eigenvalue weighted by atomic mass is 10.5. The number of methoxy groups -OCH3 is 1. The van der Waals surface area contributed by atoms with Gasteiger partial charge in [0.1, 0.15) is 6.61 Å². The summed E-state index contributed by atoms with van der Waals surface area (Å²) in [6, 6.07) is 0.708. The monoisotopic (exact) mass is 290 g/mol. The van der Waals surface area contributed by atoms with Gasteiger partial charge in [-0.1, -0.05) is 22.9 Å². The molecule has 0 bridgehead atoms. The summed E-state index contributed by atoms with van der Waals surface area (Å²) < 4.78 is 10.1. The van der Waals surface area contributed by atoms with E-state index in [9.17, 15) is 4.79 Å². The third-order valence-corrected chi connectivity index (χ3v) is 4.11. The van der Waals surface area contributed by atoms with Crippen LogP contribution in [-0.2, 0) is 4.74 Å². The summed E-state index contributed by atoms with van der Waals surface area (Å²) in [7, 11) is 3.39. The average Bonchev–Trinajstić information content (AvgIpc) is 3.13. The van der Waals surface area contributed by atoms with Crippen LogP contribution in [-0.4, -0.2) is 49.2 Å². The Bertz CT molecular complexity index is 434. The summed E-state index contributed by atoms with van der Waals surface area (Å²) in [6.07, 6.45) is 2.54. The van der Waals surface area contributed by atoms with Crippen LogP contribution in [0.15, 0.2) is 0 Å². The molecule has 0 N–H and O–H groups in total. The lowest BCUT2D eigenvalue weighted by Gasteiger charge is -2.14. The molecule has 5 nitrogen and oxygen atoms in total. The number of hydrogen-bond acceptors (Lipinski definition) is 6. The van der Waals surface area contributed by atoms with Crippen LogP contribution in [0.25, 0.3) is 0 Å². The molecule has 1 aliphatic carbocycles. The maximum atomic E-state index is 11.3. The summed E-state index contributed by atoms with van der Waals surface area (Å²) in [5, 5.41) is 0.544. The zero-order valence-electron chi connectivity index (χ0n) is 10.3. The van der Waals surface area contributed by atoms with Crippen molar-refractivity contribution in [2.24, 2.45) is 0 Å². The van der Waals surface area contributed by atoms with E-state index in [-0.39, 0.29) is 10.0 Å². The molecule has 1 saturated carbocycles. The van der Waals surface area contributed by atoms with Crippen molar-refractivity contribution in [3.05, 3.63) is 10.0 Å².